The molecule has 2 aromatic heterocycles. The topological polar surface area (TPSA) is 75.9 Å². The Morgan fingerprint density at radius 3 is 2.77 bits per heavy atom. The first-order valence-electron chi connectivity index (χ1n) is 8.18. The van der Waals surface area contributed by atoms with E-state index in [0.29, 0.717) is 30.0 Å². The highest BCUT2D eigenvalue weighted by atomic mass is 19.1. The normalized spacial score (nSPS) is 17.3. The lowest BCUT2D eigenvalue weighted by Crippen LogP contribution is -2.23. The van der Waals surface area contributed by atoms with Crippen LogP contribution in [0, 0.1) is 6.08 Å². The number of allylic oxidation sites excluding steroid dienone is 1. The average molecular weight is 352 g/mol. The second-order valence-corrected chi connectivity index (χ2v) is 6.19. The molecule has 0 aliphatic carbocycles. The number of imidazole rings is 1. The van der Waals surface area contributed by atoms with E-state index in [2.05, 4.69) is 26.8 Å². The molecule has 26 heavy (non-hydrogen) atoms. The molecule has 0 bridgehead atoms. The maximum atomic E-state index is 14.0. The van der Waals surface area contributed by atoms with Gasteiger partial charge in [0.25, 0.3) is 0 Å². The molecule has 1 aliphatic rings. The Hall–Kier alpha value is -3.29. The molecule has 0 radical (unpaired) electrons. The second-order valence-electron chi connectivity index (χ2n) is 6.19. The predicted octanol–water partition coefficient (Wildman–Crippen LogP) is 2.49. The smallest absolute Gasteiger partial charge is 0.312 e. The number of fused-ring (bicyclic) bond motifs is 1. The number of likely N-dealkylation sites (tertiary alicyclic amines) is 1. The maximum absolute atomic E-state index is 14.0. The number of likely N-dealkylation sites (N-methyl/N-ethyl adjacent to an activating group) is 1. The van der Waals surface area contributed by atoms with Crippen LogP contribution in [0.15, 0.2) is 48.9 Å². The number of nitrogens with zero attached hydrogens (tertiary/aromatic N) is 5. The molecule has 1 aliphatic heterocycles. The van der Waals surface area contributed by atoms with Crippen LogP contribution in [-0.4, -0.2) is 37.4 Å². The van der Waals surface area contributed by atoms with Crippen LogP contribution in [0.25, 0.3) is 11.2 Å². The molecule has 0 saturated carbocycles. The summed E-state index contributed by atoms with van der Waals surface area (Å²) in [5.74, 6) is 0.180. The minimum absolute atomic E-state index is 0.118. The number of carbonyl (C=O) groups is 1. The minimum Gasteiger partial charge on any atom is -0.364 e. The molecule has 1 aromatic carbocycles. The van der Waals surface area contributed by atoms with Gasteiger partial charge in [0, 0.05) is 25.7 Å². The zero-order chi connectivity index (χ0) is 18.3. The minimum atomic E-state index is -0.868. The Balaban J connectivity index is 1.69. The van der Waals surface area contributed by atoms with Crippen molar-refractivity contribution in [2.75, 3.05) is 12.4 Å². The van der Waals surface area contributed by atoms with Crippen LogP contribution in [0.1, 0.15) is 18.0 Å². The van der Waals surface area contributed by atoms with Gasteiger partial charge in [-0.3, -0.25) is 4.79 Å². The fourth-order valence-corrected chi connectivity index (χ4v) is 3.07. The third-order valence-electron chi connectivity index (χ3n) is 4.55. The van der Waals surface area contributed by atoms with Gasteiger partial charge >= 0.3 is 6.08 Å². The largest absolute Gasteiger partial charge is 0.364 e. The summed E-state index contributed by atoms with van der Waals surface area (Å²) in [7, 11) is 1.67. The van der Waals surface area contributed by atoms with E-state index in [9.17, 15) is 9.18 Å². The molecule has 1 N–H and O–H groups in total. The standard InChI is InChI=1S/C18H17FN6O/c1-11-8-13(17(26)24(11)2)25-10-21-14-15(22-18(19)23-16(14)25)20-9-12-6-4-3-5-7-12/h3-7,10,13H,1,8-9H2,2H3,(H,20,22,23). The van der Waals surface area contributed by atoms with E-state index in [1.54, 1.807) is 11.6 Å². The van der Waals surface area contributed by atoms with Crippen molar-refractivity contribution < 1.29 is 9.18 Å². The Morgan fingerprint density at radius 1 is 1.31 bits per heavy atom. The summed E-state index contributed by atoms with van der Waals surface area (Å²) in [6.45, 7) is 4.35. The molecule has 3 heterocycles. The number of rotatable bonds is 4. The maximum Gasteiger partial charge on any atom is 0.312 e. The van der Waals surface area contributed by atoms with Gasteiger partial charge in [0.05, 0.1) is 6.33 Å². The van der Waals surface area contributed by atoms with Crippen LogP contribution >= 0.6 is 0 Å². The van der Waals surface area contributed by atoms with Crippen LogP contribution in [0.3, 0.4) is 0 Å². The number of amides is 1. The van der Waals surface area contributed by atoms with Crippen LogP contribution in [-0.2, 0) is 11.3 Å². The van der Waals surface area contributed by atoms with Gasteiger partial charge < -0.3 is 14.8 Å². The van der Waals surface area contributed by atoms with Gasteiger partial charge in [0.2, 0.25) is 5.91 Å². The first-order chi connectivity index (χ1) is 12.5. The summed E-state index contributed by atoms with van der Waals surface area (Å²) in [5.41, 5.74) is 2.45. The van der Waals surface area contributed by atoms with E-state index in [1.165, 1.54) is 11.2 Å². The lowest BCUT2D eigenvalue weighted by atomic mass is 10.2. The van der Waals surface area contributed by atoms with Crippen molar-refractivity contribution in [2.24, 2.45) is 0 Å². The summed E-state index contributed by atoms with van der Waals surface area (Å²) in [5, 5.41) is 3.10. The summed E-state index contributed by atoms with van der Waals surface area (Å²) in [4.78, 5) is 25.9. The molecular weight excluding hydrogens is 335 g/mol. The highest BCUT2D eigenvalue weighted by Crippen LogP contribution is 2.32. The van der Waals surface area contributed by atoms with Gasteiger partial charge in [-0.2, -0.15) is 14.4 Å². The number of hydrogen-bond donors (Lipinski definition) is 1. The third kappa shape index (κ3) is 2.69. The molecule has 8 heteroatoms. The molecule has 1 amide bonds. The van der Waals surface area contributed by atoms with Gasteiger partial charge in [-0.05, 0) is 5.56 Å². The Kier molecular flexibility index (Phi) is 3.87. The molecule has 4 rings (SSSR count). The van der Waals surface area contributed by atoms with Crippen molar-refractivity contribution in [3.63, 3.8) is 0 Å². The summed E-state index contributed by atoms with van der Waals surface area (Å²) in [6, 6.07) is 9.18. The predicted molar refractivity (Wildman–Crippen MR) is 94.6 cm³/mol. The molecule has 1 saturated heterocycles. The zero-order valence-corrected chi connectivity index (χ0v) is 14.2. The number of nitrogens with one attached hydrogen (secondary N) is 1. The lowest BCUT2D eigenvalue weighted by Gasteiger charge is -2.12. The average Bonchev–Trinajstić information content (AvgIpc) is 3.17. The number of halogens is 1. The van der Waals surface area contributed by atoms with E-state index >= 15 is 0 Å². The van der Waals surface area contributed by atoms with Gasteiger partial charge in [0.15, 0.2) is 17.0 Å². The quantitative estimate of drug-likeness (QED) is 0.730. The van der Waals surface area contributed by atoms with Crippen LogP contribution in [0.5, 0.6) is 0 Å². The first kappa shape index (κ1) is 16.2. The molecular formula is C18H17FN6O. The zero-order valence-electron chi connectivity index (χ0n) is 14.2. The molecule has 7 nitrogen and oxygen atoms in total. The van der Waals surface area contributed by atoms with Gasteiger partial charge in [0.1, 0.15) is 6.04 Å². The third-order valence-corrected chi connectivity index (χ3v) is 4.55. The molecule has 0 spiro atoms. The van der Waals surface area contributed by atoms with E-state index in [0.717, 1.165) is 5.56 Å². The van der Waals surface area contributed by atoms with Crippen molar-refractivity contribution >= 4 is 22.9 Å². The van der Waals surface area contributed by atoms with Gasteiger partial charge in [-0.1, -0.05) is 36.9 Å². The number of benzene rings is 1. The summed E-state index contributed by atoms with van der Waals surface area (Å²) >= 11 is 0. The monoisotopic (exact) mass is 352 g/mol. The fraction of sp³-hybridized carbons (Fsp3) is 0.222. The Morgan fingerprint density at radius 2 is 2.08 bits per heavy atom. The highest BCUT2D eigenvalue weighted by Gasteiger charge is 2.35. The molecule has 1 unspecified atom stereocenters. The number of hydrogen-bond acceptors (Lipinski definition) is 5. The second kappa shape index (κ2) is 6.21. The molecule has 3 aromatic rings. The fourth-order valence-electron chi connectivity index (χ4n) is 3.07. The number of carbonyl (C=O) groups excluding carboxylic acids is 1. The van der Waals surface area contributed by atoms with E-state index in [-0.39, 0.29) is 11.6 Å². The number of anilines is 1. The van der Waals surface area contributed by atoms with Crippen molar-refractivity contribution in [3.05, 3.63) is 60.6 Å². The molecule has 1 fully saturated rings. The van der Waals surface area contributed by atoms with Crippen LogP contribution < -0.4 is 5.32 Å². The molecule has 1 atom stereocenters. The molecule has 132 valence electrons. The van der Waals surface area contributed by atoms with Crippen LogP contribution in [0.2, 0.25) is 0 Å². The van der Waals surface area contributed by atoms with Crippen LogP contribution in [0.4, 0.5) is 10.2 Å². The Labute approximate surface area is 149 Å². The summed E-state index contributed by atoms with van der Waals surface area (Å²) in [6.07, 6.45) is 1.08. The van der Waals surface area contributed by atoms with E-state index < -0.39 is 12.1 Å². The van der Waals surface area contributed by atoms with Crippen molar-refractivity contribution in [2.45, 2.75) is 19.0 Å². The van der Waals surface area contributed by atoms with Crippen molar-refractivity contribution in [3.8, 4) is 0 Å². The highest BCUT2D eigenvalue weighted by molar-refractivity contribution is 5.88. The van der Waals surface area contributed by atoms with Crippen molar-refractivity contribution in [1.29, 1.82) is 0 Å². The number of aromatic nitrogens is 4. The SMILES string of the molecule is C=C1CC(n2cnc3c(NCc4ccccc4)nc(F)nc32)C(=O)N1C. The van der Waals surface area contributed by atoms with Gasteiger partial charge in [-0.25, -0.2) is 4.98 Å². The first-order valence-corrected chi connectivity index (χ1v) is 8.18. The van der Waals surface area contributed by atoms with Gasteiger partial charge in [-0.15, -0.1) is 0 Å². The van der Waals surface area contributed by atoms with Crippen molar-refractivity contribution in [1.82, 2.24) is 24.4 Å². The van der Waals surface area contributed by atoms with E-state index in [1.807, 2.05) is 30.3 Å². The lowest BCUT2D eigenvalue weighted by molar-refractivity contribution is -0.128. The van der Waals surface area contributed by atoms with E-state index in [4.69, 9.17) is 0 Å². The Bertz CT molecular complexity index is 1000. The summed E-state index contributed by atoms with van der Waals surface area (Å²) < 4.78 is 15.6.